The van der Waals surface area contributed by atoms with Gasteiger partial charge in [0.05, 0.1) is 25.2 Å². The quantitative estimate of drug-likeness (QED) is 0.823. The van der Waals surface area contributed by atoms with Crippen LogP contribution in [0.15, 0.2) is 24.3 Å². The number of rotatable bonds is 4. The lowest BCUT2D eigenvalue weighted by molar-refractivity contribution is -0.132. The van der Waals surface area contributed by atoms with E-state index in [-0.39, 0.29) is 29.3 Å². The molecular weight excluding hydrogens is 356 g/mol. The van der Waals surface area contributed by atoms with E-state index in [1.165, 1.54) is 0 Å². The third-order valence-corrected chi connectivity index (χ3v) is 6.70. The summed E-state index contributed by atoms with van der Waals surface area (Å²) in [6.07, 6.45) is 5.53. The van der Waals surface area contributed by atoms with Gasteiger partial charge in [-0.2, -0.15) is 0 Å². The zero-order valence-electron chi connectivity index (χ0n) is 16.6. The van der Waals surface area contributed by atoms with Crippen molar-refractivity contribution in [2.75, 3.05) is 39.3 Å². The van der Waals surface area contributed by atoms with E-state index in [0.29, 0.717) is 6.42 Å². The number of piperidine rings is 2. The first kappa shape index (κ1) is 19.7. The van der Waals surface area contributed by atoms with E-state index in [1.54, 1.807) is 12.1 Å². The van der Waals surface area contributed by atoms with Crippen molar-refractivity contribution in [3.63, 3.8) is 0 Å². The Balaban J connectivity index is 1.24. The predicted octanol–water partition coefficient (Wildman–Crippen LogP) is 1.79. The highest BCUT2D eigenvalue weighted by Crippen LogP contribution is 2.42. The maximum absolute atomic E-state index is 12.6. The average Bonchev–Trinajstić information content (AvgIpc) is 3.06. The number of hydrogen-bond donors (Lipinski definition) is 2. The van der Waals surface area contributed by atoms with Gasteiger partial charge in [0.25, 0.3) is 0 Å². The molecule has 3 heterocycles. The third kappa shape index (κ3) is 4.67. The Bertz CT molecular complexity index is 670. The largest absolute Gasteiger partial charge is 0.508 e. The second kappa shape index (κ2) is 8.39. The summed E-state index contributed by atoms with van der Waals surface area (Å²) in [5.74, 6) is 0.393. The number of hydrogen-bond acceptors (Lipinski definition) is 5. The van der Waals surface area contributed by atoms with Gasteiger partial charge in [-0.15, -0.1) is 0 Å². The van der Waals surface area contributed by atoms with E-state index in [1.807, 2.05) is 17.0 Å². The minimum absolute atomic E-state index is 0.165. The lowest BCUT2D eigenvalue weighted by Crippen LogP contribution is -2.44. The molecule has 2 N–H and O–H groups in total. The molecule has 3 aliphatic heterocycles. The van der Waals surface area contributed by atoms with Crippen LogP contribution >= 0.6 is 0 Å². The Kier molecular flexibility index (Phi) is 5.90. The fourth-order valence-electron chi connectivity index (χ4n) is 4.98. The molecule has 6 heteroatoms. The second-order valence-corrected chi connectivity index (χ2v) is 8.92. The van der Waals surface area contributed by atoms with Gasteiger partial charge in [-0.25, -0.2) is 0 Å². The summed E-state index contributed by atoms with van der Waals surface area (Å²) >= 11 is 0. The maximum Gasteiger partial charge on any atom is 0.226 e. The molecule has 3 aliphatic rings. The number of phenols is 1. The highest BCUT2D eigenvalue weighted by Gasteiger charge is 2.43. The number of β-amino-alcohol motifs (C(OH)–C–C–N with tert-alkyl or cyclic N) is 1. The Morgan fingerprint density at radius 2 is 1.93 bits per heavy atom. The number of carbonyl (C=O) groups is 1. The first-order chi connectivity index (χ1) is 13.5. The minimum atomic E-state index is -0.188. The van der Waals surface area contributed by atoms with Gasteiger partial charge in [-0.05, 0) is 61.8 Å². The van der Waals surface area contributed by atoms with E-state index in [0.717, 1.165) is 77.0 Å². The van der Waals surface area contributed by atoms with Crippen molar-refractivity contribution in [3.05, 3.63) is 29.8 Å². The van der Waals surface area contributed by atoms with Crippen LogP contribution in [0.4, 0.5) is 0 Å². The van der Waals surface area contributed by atoms with Crippen LogP contribution in [0.2, 0.25) is 0 Å². The number of ether oxygens (including phenoxy) is 1. The average molecular weight is 389 g/mol. The number of benzene rings is 1. The molecule has 154 valence electrons. The Labute approximate surface area is 167 Å². The van der Waals surface area contributed by atoms with Gasteiger partial charge in [0.2, 0.25) is 5.91 Å². The van der Waals surface area contributed by atoms with Crippen LogP contribution < -0.4 is 0 Å². The van der Waals surface area contributed by atoms with Gasteiger partial charge in [0, 0.05) is 26.2 Å². The molecule has 1 aromatic rings. The number of phenolic OH excluding ortho intramolecular Hbond substituents is 1. The third-order valence-electron chi connectivity index (χ3n) is 6.70. The second-order valence-electron chi connectivity index (χ2n) is 8.92. The number of carbonyl (C=O) groups excluding carboxylic acids is 1. The Hall–Kier alpha value is -1.63. The van der Waals surface area contributed by atoms with E-state index in [2.05, 4.69) is 4.90 Å². The van der Waals surface area contributed by atoms with Crippen LogP contribution in [-0.4, -0.2) is 77.5 Å². The van der Waals surface area contributed by atoms with E-state index >= 15 is 0 Å². The topological polar surface area (TPSA) is 73.2 Å². The molecule has 0 radical (unpaired) electrons. The highest BCUT2D eigenvalue weighted by atomic mass is 16.5. The van der Waals surface area contributed by atoms with Crippen LogP contribution in [0.3, 0.4) is 0 Å². The van der Waals surface area contributed by atoms with Crippen molar-refractivity contribution in [3.8, 4) is 5.75 Å². The molecule has 1 amide bonds. The predicted molar refractivity (Wildman–Crippen MR) is 106 cm³/mol. The Morgan fingerprint density at radius 1 is 1.18 bits per heavy atom. The van der Waals surface area contributed by atoms with Crippen molar-refractivity contribution >= 4 is 5.91 Å². The fourth-order valence-corrected chi connectivity index (χ4v) is 4.98. The summed E-state index contributed by atoms with van der Waals surface area (Å²) in [6.45, 7) is 5.15. The van der Waals surface area contributed by atoms with Crippen molar-refractivity contribution in [1.29, 1.82) is 0 Å². The van der Waals surface area contributed by atoms with Gasteiger partial charge in [-0.1, -0.05) is 12.1 Å². The molecule has 3 saturated heterocycles. The van der Waals surface area contributed by atoms with Crippen molar-refractivity contribution < 1.29 is 19.7 Å². The van der Waals surface area contributed by atoms with Gasteiger partial charge in [0.15, 0.2) is 0 Å². The molecule has 0 bridgehead atoms. The lowest BCUT2D eigenvalue weighted by Gasteiger charge is -2.38. The smallest absolute Gasteiger partial charge is 0.226 e. The van der Waals surface area contributed by atoms with Gasteiger partial charge in [0.1, 0.15) is 5.75 Å². The molecule has 3 fully saturated rings. The summed E-state index contributed by atoms with van der Waals surface area (Å²) < 4.78 is 6.14. The summed E-state index contributed by atoms with van der Waals surface area (Å²) in [4.78, 5) is 16.9. The Morgan fingerprint density at radius 3 is 2.64 bits per heavy atom. The monoisotopic (exact) mass is 388 g/mol. The first-order valence-electron chi connectivity index (χ1n) is 10.6. The van der Waals surface area contributed by atoms with Gasteiger partial charge >= 0.3 is 0 Å². The molecule has 0 saturated carbocycles. The number of amides is 1. The van der Waals surface area contributed by atoms with E-state index in [4.69, 9.17) is 4.74 Å². The molecule has 6 nitrogen and oxygen atoms in total. The molecular formula is C22H32N2O4. The number of aromatic hydroxyl groups is 1. The molecule has 1 spiro atoms. The van der Waals surface area contributed by atoms with E-state index in [9.17, 15) is 15.0 Å². The molecule has 28 heavy (non-hydrogen) atoms. The summed E-state index contributed by atoms with van der Waals surface area (Å²) in [6, 6.07) is 6.88. The molecule has 0 aliphatic carbocycles. The highest BCUT2D eigenvalue weighted by molar-refractivity contribution is 5.78. The van der Waals surface area contributed by atoms with Crippen molar-refractivity contribution in [2.24, 2.45) is 5.41 Å². The SMILES string of the molecule is O=C(Cc1ccc(O)cc1)N1CCC2(CC1)CO[C@@H](CN1CCC[C@H](O)C1)C2. The van der Waals surface area contributed by atoms with Crippen LogP contribution in [0.1, 0.15) is 37.7 Å². The van der Waals surface area contributed by atoms with Crippen LogP contribution in [0.25, 0.3) is 0 Å². The standard InChI is InChI=1S/C22H32N2O4/c25-18-5-3-17(4-6-18)12-21(27)24-10-7-22(8-11-24)13-20(28-16-22)15-23-9-1-2-19(26)14-23/h3-6,19-20,25-26H,1-2,7-16H2/t19-,20+/m0/s1. The molecule has 2 atom stereocenters. The summed E-state index contributed by atoms with van der Waals surface area (Å²) in [7, 11) is 0. The van der Waals surface area contributed by atoms with Crippen LogP contribution in [-0.2, 0) is 16.0 Å². The minimum Gasteiger partial charge on any atom is -0.508 e. The van der Waals surface area contributed by atoms with Crippen LogP contribution in [0.5, 0.6) is 5.75 Å². The molecule has 1 aromatic carbocycles. The lowest BCUT2D eigenvalue weighted by atomic mass is 9.76. The number of aliphatic hydroxyl groups is 1. The van der Waals surface area contributed by atoms with Gasteiger partial charge < -0.3 is 19.8 Å². The molecule has 0 aromatic heterocycles. The number of nitrogens with zero attached hydrogens (tertiary/aromatic N) is 2. The molecule has 4 rings (SSSR count). The fraction of sp³-hybridized carbons (Fsp3) is 0.682. The summed E-state index contributed by atoms with van der Waals surface area (Å²) in [5.41, 5.74) is 1.16. The maximum atomic E-state index is 12.6. The van der Waals surface area contributed by atoms with Crippen molar-refractivity contribution in [2.45, 2.75) is 50.7 Å². The van der Waals surface area contributed by atoms with Crippen LogP contribution in [0, 0.1) is 5.41 Å². The van der Waals surface area contributed by atoms with E-state index < -0.39 is 0 Å². The van der Waals surface area contributed by atoms with Gasteiger partial charge in [-0.3, -0.25) is 9.69 Å². The first-order valence-corrected chi connectivity index (χ1v) is 10.6. The zero-order valence-corrected chi connectivity index (χ0v) is 16.6. The normalized spacial score (nSPS) is 28.0. The number of likely N-dealkylation sites (tertiary alicyclic amines) is 2. The number of aliphatic hydroxyl groups excluding tert-OH is 1. The zero-order chi connectivity index (χ0) is 19.6. The summed E-state index contributed by atoms with van der Waals surface area (Å²) in [5, 5.41) is 19.2. The molecule has 0 unspecified atom stereocenters. The van der Waals surface area contributed by atoms with Crippen molar-refractivity contribution in [1.82, 2.24) is 9.80 Å².